The predicted octanol–water partition coefficient (Wildman–Crippen LogP) is 3.33. The zero-order valence-corrected chi connectivity index (χ0v) is 7.16. The van der Waals surface area contributed by atoms with Crippen molar-refractivity contribution in [1.82, 2.24) is 0 Å². The number of rotatable bonds is 1. The maximum atomic E-state index is 12.8. The first-order chi connectivity index (χ1) is 5.13. The molecule has 0 nitrogen and oxygen atoms in total. The number of halogens is 3. The van der Waals surface area contributed by atoms with Crippen LogP contribution in [-0.4, -0.2) is 0 Å². The Morgan fingerprint density at radius 3 is 2.00 bits per heavy atom. The Balaban J connectivity index is 3.32. The van der Waals surface area contributed by atoms with Crippen molar-refractivity contribution in [1.29, 1.82) is 0 Å². The van der Waals surface area contributed by atoms with E-state index in [1.54, 1.807) is 0 Å². The minimum atomic E-state index is -0.605. The molecule has 0 radical (unpaired) electrons. The maximum Gasteiger partial charge on any atom is 0.134 e. The first-order valence-electron chi connectivity index (χ1n) is 2.91. The van der Waals surface area contributed by atoms with E-state index in [1.807, 2.05) is 0 Å². The number of hydrogen-bond acceptors (Lipinski definition) is 0. The van der Waals surface area contributed by atoms with E-state index in [1.165, 1.54) is 18.2 Å². The summed E-state index contributed by atoms with van der Waals surface area (Å²) in [6, 6.07) is 3.68. The molecule has 58 valence electrons. The van der Waals surface area contributed by atoms with Crippen LogP contribution in [0.5, 0.6) is 0 Å². The van der Waals surface area contributed by atoms with Gasteiger partial charge in [-0.1, -0.05) is 28.6 Å². The molecule has 0 N–H and O–H groups in total. The van der Waals surface area contributed by atoms with Crippen LogP contribution in [0, 0.1) is 11.6 Å². The van der Waals surface area contributed by atoms with E-state index in [0.29, 0.717) is 0 Å². The van der Waals surface area contributed by atoms with Crippen molar-refractivity contribution in [3.8, 4) is 0 Å². The van der Waals surface area contributed by atoms with Gasteiger partial charge in [0, 0.05) is 4.48 Å². The zero-order chi connectivity index (χ0) is 8.43. The fourth-order valence-corrected chi connectivity index (χ4v) is 1.14. The molecule has 0 aliphatic carbocycles. The summed E-state index contributed by atoms with van der Waals surface area (Å²) in [5.74, 6) is -1.21. The molecule has 0 unspecified atom stereocenters. The van der Waals surface area contributed by atoms with Crippen LogP contribution in [0.15, 0.2) is 24.8 Å². The van der Waals surface area contributed by atoms with E-state index >= 15 is 0 Å². The Hall–Kier alpha value is -0.700. The van der Waals surface area contributed by atoms with Crippen LogP contribution < -0.4 is 0 Å². The molecule has 0 atom stereocenters. The highest BCUT2D eigenvalue weighted by Gasteiger charge is 2.08. The third-order valence-electron chi connectivity index (χ3n) is 1.23. The zero-order valence-electron chi connectivity index (χ0n) is 5.57. The summed E-state index contributed by atoms with van der Waals surface area (Å²) in [5.41, 5.74) is -0.104. The number of hydrogen-bond donors (Lipinski definition) is 0. The van der Waals surface area contributed by atoms with Crippen LogP contribution >= 0.6 is 15.9 Å². The van der Waals surface area contributed by atoms with E-state index in [4.69, 9.17) is 0 Å². The molecule has 0 aliphatic rings. The van der Waals surface area contributed by atoms with Gasteiger partial charge in [0.1, 0.15) is 11.6 Å². The summed E-state index contributed by atoms with van der Waals surface area (Å²) in [6.45, 7) is 3.38. The average Bonchev–Trinajstić information content (AvgIpc) is 1.85. The molecule has 11 heavy (non-hydrogen) atoms. The monoisotopic (exact) mass is 218 g/mol. The summed E-state index contributed by atoms with van der Waals surface area (Å²) < 4.78 is 25.8. The van der Waals surface area contributed by atoms with Gasteiger partial charge in [-0.25, -0.2) is 8.78 Å². The van der Waals surface area contributed by atoms with E-state index in [-0.39, 0.29) is 10.0 Å². The quantitative estimate of drug-likeness (QED) is 0.679. The molecule has 1 aromatic carbocycles. The fourth-order valence-electron chi connectivity index (χ4n) is 0.757. The molecule has 0 spiro atoms. The minimum Gasteiger partial charge on any atom is -0.206 e. The van der Waals surface area contributed by atoms with Gasteiger partial charge in [0.25, 0.3) is 0 Å². The molecular weight excluding hydrogens is 214 g/mol. The van der Waals surface area contributed by atoms with Crippen LogP contribution in [0.3, 0.4) is 0 Å². The third-order valence-corrected chi connectivity index (χ3v) is 1.63. The lowest BCUT2D eigenvalue weighted by atomic mass is 10.2. The van der Waals surface area contributed by atoms with Gasteiger partial charge >= 0.3 is 0 Å². The van der Waals surface area contributed by atoms with E-state index in [9.17, 15) is 8.78 Å². The Labute approximate surface area is 71.7 Å². The fraction of sp³-hybridized carbons (Fsp3) is 0. The highest BCUT2D eigenvalue weighted by molar-refractivity contribution is 9.15. The lowest BCUT2D eigenvalue weighted by molar-refractivity contribution is 0.578. The van der Waals surface area contributed by atoms with Crippen molar-refractivity contribution in [2.45, 2.75) is 0 Å². The van der Waals surface area contributed by atoms with Crippen molar-refractivity contribution in [3.05, 3.63) is 42.0 Å². The molecule has 0 aliphatic heterocycles. The Morgan fingerprint density at radius 1 is 1.27 bits per heavy atom. The minimum absolute atomic E-state index is 0.104. The maximum absolute atomic E-state index is 12.8. The van der Waals surface area contributed by atoms with Crippen LogP contribution in [0.1, 0.15) is 5.56 Å². The molecule has 0 bridgehead atoms. The van der Waals surface area contributed by atoms with E-state index in [0.717, 1.165) is 0 Å². The lowest BCUT2D eigenvalue weighted by Crippen LogP contribution is -1.88. The van der Waals surface area contributed by atoms with Gasteiger partial charge in [0.15, 0.2) is 0 Å². The molecule has 0 aromatic heterocycles. The molecular formula is C8H5BrF2. The third kappa shape index (κ3) is 1.66. The standard InChI is InChI=1S/C8H5BrF2/c1-5(9)8-6(10)3-2-4-7(8)11/h2-4H,1H2. The topological polar surface area (TPSA) is 0 Å². The molecule has 1 rings (SSSR count). The van der Waals surface area contributed by atoms with Gasteiger partial charge < -0.3 is 0 Å². The smallest absolute Gasteiger partial charge is 0.134 e. The SMILES string of the molecule is C=C(Br)c1c(F)cccc1F. The van der Waals surface area contributed by atoms with Crippen LogP contribution in [0.2, 0.25) is 0 Å². The van der Waals surface area contributed by atoms with Gasteiger partial charge in [0.05, 0.1) is 5.56 Å². The van der Waals surface area contributed by atoms with Crippen molar-refractivity contribution >= 4 is 20.4 Å². The predicted molar refractivity (Wildman–Crippen MR) is 44.3 cm³/mol. The second-order valence-electron chi connectivity index (χ2n) is 2.00. The first-order valence-corrected chi connectivity index (χ1v) is 3.71. The van der Waals surface area contributed by atoms with Gasteiger partial charge in [-0.15, -0.1) is 0 Å². The second-order valence-corrected chi connectivity index (χ2v) is 2.96. The van der Waals surface area contributed by atoms with Gasteiger partial charge in [0.2, 0.25) is 0 Å². The molecule has 3 heteroatoms. The summed E-state index contributed by atoms with van der Waals surface area (Å²) in [6.07, 6.45) is 0. The van der Waals surface area contributed by atoms with Crippen LogP contribution in [0.4, 0.5) is 8.78 Å². The highest BCUT2D eigenvalue weighted by Crippen LogP contribution is 2.24. The van der Waals surface area contributed by atoms with Crippen molar-refractivity contribution in [3.63, 3.8) is 0 Å². The van der Waals surface area contributed by atoms with E-state index < -0.39 is 11.6 Å². The largest absolute Gasteiger partial charge is 0.206 e. The normalized spacial score (nSPS) is 9.73. The van der Waals surface area contributed by atoms with Crippen molar-refractivity contribution in [2.24, 2.45) is 0 Å². The molecule has 0 saturated heterocycles. The first kappa shape index (κ1) is 8.40. The van der Waals surface area contributed by atoms with Crippen molar-refractivity contribution in [2.75, 3.05) is 0 Å². The highest BCUT2D eigenvalue weighted by atomic mass is 79.9. The molecule has 1 aromatic rings. The summed E-state index contributed by atoms with van der Waals surface area (Å²) >= 11 is 2.91. The lowest BCUT2D eigenvalue weighted by Gasteiger charge is -2.00. The van der Waals surface area contributed by atoms with E-state index in [2.05, 4.69) is 22.5 Å². The van der Waals surface area contributed by atoms with Crippen LogP contribution in [0.25, 0.3) is 4.48 Å². The van der Waals surface area contributed by atoms with Gasteiger partial charge in [-0.3, -0.25) is 0 Å². The van der Waals surface area contributed by atoms with Crippen LogP contribution in [-0.2, 0) is 0 Å². The van der Waals surface area contributed by atoms with Gasteiger partial charge in [-0.05, 0) is 12.1 Å². The van der Waals surface area contributed by atoms with Gasteiger partial charge in [-0.2, -0.15) is 0 Å². The second kappa shape index (κ2) is 3.13. The molecule has 0 heterocycles. The molecule has 0 amide bonds. The Bertz CT molecular complexity index is 274. The Morgan fingerprint density at radius 2 is 1.73 bits per heavy atom. The molecule has 0 saturated carbocycles. The molecule has 0 fully saturated rings. The number of benzene rings is 1. The summed E-state index contributed by atoms with van der Waals surface area (Å²) in [7, 11) is 0. The summed E-state index contributed by atoms with van der Waals surface area (Å²) in [5, 5.41) is 0. The average molecular weight is 219 g/mol. The Kier molecular flexibility index (Phi) is 2.39. The summed E-state index contributed by atoms with van der Waals surface area (Å²) in [4.78, 5) is 0. The van der Waals surface area contributed by atoms with Crippen molar-refractivity contribution < 1.29 is 8.78 Å².